The number of ether oxygens (including phenoxy) is 1. The fraction of sp³-hybridized carbons (Fsp3) is 0.188. The number of nitrogens with one attached hydrogen (secondary N) is 1. The van der Waals surface area contributed by atoms with Gasteiger partial charge in [0.2, 0.25) is 0 Å². The monoisotopic (exact) mass is 351 g/mol. The van der Waals surface area contributed by atoms with Gasteiger partial charge in [-0.05, 0) is 48.9 Å². The molecule has 0 fully saturated rings. The van der Waals surface area contributed by atoms with Gasteiger partial charge in [0.05, 0.1) is 12.2 Å². The average Bonchev–Trinajstić information content (AvgIpc) is 2.49. The molecule has 0 aliphatic heterocycles. The summed E-state index contributed by atoms with van der Waals surface area (Å²) in [7, 11) is 0. The Labute approximate surface area is 131 Å². The highest BCUT2D eigenvalue weighted by Crippen LogP contribution is 2.19. The van der Waals surface area contributed by atoms with Gasteiger partial charge in [0, 0.05) is 10.2 Å². The molecule has 0 bridgehead atoms. The van der Waals surface area contributed by atoms with Crippen LogP contribution in [0.2, 0.25) is 0 Å². The third-order valence-corrected chi connectivity index (χ3v) is 3.25. The first-order valence-electron chi connectivity index (χ1n) is 6.59. The molecule has 0 saturated carbocycles. The molecule has 3 nitrogen and oxygen atoms in total. The van der Waals surface area contributed by atoms with E-state index in [9.17, 15) is 9.18 Å². The number of anilines is 1. The number of carbonyl (C=O) groups excluding carboxylic acids is 1. The van der Waals surface area contributed by atoms with E-state index in [1.54, 1.807) is 30.3 Å². The number of amides is 1. The van der Waals surface area contributed by atoms with E-state index in [2.05, 4.69) is 21.2 Å². The molecule has 5 heteroatoms. The van der Waals surface area contributed by atoms with Crippen molar-refractivity contribution >= 4 is 27.5 Å². The van der Waals surface area contributed by atoms with Crippen molar-refractivity contribution in [3.05, 3.63) is 58.3 Å². The van der Waals surface area contributed by atoms with Gasteiger partial charge in [-0.25, -0.2) is 4.39 Å². The lowest BCUT2D eigenvalue weighted by atomic mass is 10.2. The highest BCUT2D eigenvalue weighted by atomic mass is 79.9. The van der Waals surface area contributed by atoms with Crippen LogP contribution in [0.1, 0.15) is 23.7 Å². The lowest BCUT2D eigenvalue weighted by molar-refractivity contribution is 0.102. The largest absolute Gasteiger partial charge is 0.494 e. The van der Waals surface area contributed by atoms with Gasteiger partial charge in [-0.2, -0.15) is 0 Å². The van der Waals surface area contributed by atoms with Crippen LogP contribution in [0.4, 0.5) is 10.1 Å². The molecule has 1 N–H and O–H groups in total. The second-order valence-corrected chi connectivity index (χ2v) is 5.37. The molecule has 0 saturated heterocycles. The Morgan fingerprint density at radius 1 is 1.24 bits per heavy atom. The van der Waals surface area contributed by atoms with Crippen LogP contribution in [0.3, 0.4) is 0 Å². The molecule has 110 valence electrons. The molecule has 0 atom stereocenters. The Kier molecular flexibility index (Phi) is 5.33. The number of halogens is 2. The van der Waals surface area contributed by atoms with Crippen LogP contribution in [0.25, 0.3) is 0 Å². The van der Waals surface area contributed by atoms with E-state index in [0.717, 1.165) is 12.2 Å². The second kappa shape index (κ2) is 7.22. The van der Waals surface area contributed by atoms with Gasteiger partial charge in [-0.1, -0.05) is 22.9 Å². The van der Waals surface area contributed by atoms with Gasteiger partial charge >= 0.3 is 0 Å². The summed E-state index contributed by atoms with van der Waals surface area (Å²) < 4.78 is 19.7. The van der Waals surface area contributed by atoms with Gasteiger partial charge < -0.3 is 10.1 Å². The summed E-state index contributed by atoms with van der Waals surface area (Å²) in [6.45, 7) is 2.68. The van der Waals surface area contributed by atoms with Gasteiger partial charge in [0.15, 0.2) is 0 Å². The van der Waals surface area contributed by atoms with Crippen molar-refractivity contribution in [1.29, 1.82) is 0 Å². The maximum atomic E-state index is 13.6. The molecule has 0 aliphatic rings. The Hall–Kier alpha value is -1.88. The third kappa shape index (κ3) is 4.29. The molecule has 0 unspecified atom stereocenters. The van der Waals surface area contributed by atoms with Crippen molar-refractivity contribution in [2.24, 2.45) is 0 Å². The van der Waals surface area contributed by atoms with Crippen molar-refractivity contribution in [2.45, 2.75) is 13.3 Å². The minimum absolute atomic E-state index is 0.00400. The van der Waals surface area contributed by atoms with E-state index < -0.39 is 11.7 Å². The second-order valence-electron chi connectivity index (χ2n) is 4.45. The van der Waals surface area contributed by atoms with Gasteiger partial charge in [0.25, 0.3) is 5.91 Å². The summed E-state index contributed by atoms with van der Waals surface area (Å²) in [5.74, 6) is -0.307. The molecular weight excluding hydrogens is 337 g/mol. The zero-order valence-electron chi connectivity index (χ0n) is 11.5. The van der Waals surface area contributed by atoms with Crippen molar-refractivity contribution in [3.63, 3.8) is 0 Å². The van der Waals surface area contributed by atoms with E-state index in [4.69, 9.17) is 4.74 Å². The first-order chi connectivity index (χ1) is 10.1. The van der Waals surface area contributed by atoms with Crippen molar-refractivity contribution in [2.75, 3.05) is 11.9 Å². The predicted octanol–water partition coefficient (Wildman–Crippen LogP) is 4.63. The molecule has 0 aliphatic carbocycles. The summed E-state index contributed by atoms with van der Waals surface area (Å²) in [5, 5.41) is 2.65. The van der Waals surface area contributed by atoms with Crippen molar-refractivity contribution < 1.29 is 13.9 Å². The minimum atomic E-state index is -0.557. The maximum Gasteiger partial charge on any atom is 0.258 e. The first-order valence-corrected chi connectivity index (χ1v) is 7.38. The van der Waals surface area contributed by atoms with Crippen LogP contribution in [0.15, 0.2) is 46.9 Å². The van der Waals surface area contributed by atoms with Crippen LogP contribution < -0.4 is 10.1 Å². The van der Waals surface area contributed by atoms with Gasteiger partial charge in [-0.3, -0.25) is 4.79 Å². The molecule has 21 heavy (non-hydrogen) atoms. The molecular formula is C16H15BrFNO2. The van der Waals surface area contributed by atoms with Gasteiger partial charge in [-0.15, -0.1) is 0 Å². The fourth-order valence-electron chi connectivity index (χ4n) is 1.72. The molecule has 0 heterocycles. The maximum absolute atomic E-state index is 13.6. The van der Waals surface area contributed by atoms with E-state index in [1.807, 2.05) is 6.92 Å². The normalized spacial score (nSPS) is 10.2. The highest BCUT2D eigenvalue weighted by Gasteiger charge is 2.12. The first kappa shape index (κ1) is 15.5. The van der Waals surface area contributed by atoms with Crippen LogP contribution >= 0.6 is 15.9 Å². The molecule has 1 amide bonds. The molecule has 0 radical (unpaired) electrons. The summed E-state index contributed by atoms with van der Waals surface area (Å²) in [5.41, 5.74) is 0.582. The van der Waals surface area contributed by atoms with E-state index in [0.29, 0.717) is 16.8 Å². The molecule has 0 aromatic heterocycles. The summed E-state index contributed by atoms with van der Waals surface area (Å²) in [6, 6.07) is 11.2. The topological polar surface area (TPSA) is 38.3 Å². The number of rotatable bonds is 5. The van der Waals surface area contributed by atoms with Crippen LogP contribution in [-0.4, -0.2) is 12.5 Å². The van der Waals surface area contributed by atoms with Crippen molar-refractivity contribution in [1.82, 2.24) is 0 Å². The summed E-state index contributed by atoms with van der Waals surface area (Å²) >= 11 is 3.22. The fourth-order valence-corrected chi connectivity index (χ4v) is 2.09. The van der Waals surface area contributed by atoms with E-state index >= 15 is 0 Å². The highest BCUT2D eigenvalue weighted by molar-refractivity contribution is 9.10. The average molecular weight is 352 g/mol. The zero-order valence-corrected chi connectivity index (χ0v) is 13.1. The van der Waals surface area contributed by atoms with E-state index in [1.165, 1.54) is 12.1 Å². The van der Waals surface area contributed by atoms with Gasteiger partial charge in [0.1, 0.15) is 11.6 Å². The third-order valence-electron chi connectivity index (χ3n) is 2.76. The predicted molar refractivity (Wildman–Crippen MR) is 84.3 cm³/mol. The van der Waals surface area contributed by atoms with E-state index in [-0.39, 0.29) is 5.56 Å². The quantitative estimate of drug-likeness (QED) is 0.852. The Morgan fingerprint density at radius 2 is 1.95 bits per heavy atom. The number of hydrogen-bond acceptors (Lipinski definition) is 2. The van der Waals surface area contributed by atoms with Crippen molar-refractivity contribution in [3.8, 4) is 5.75 Å². The summed E-state index contributed by atoms with van der Waals surface area (Å²) in [4.78, 5) is 12.0. The van der Waals surface area contributed by atoms with Crippen LogP contribution in [-0.2, 0) is 0 Å². The standard InChI is InChI=1S/C16H15BrFNO2/c1-2-9-21-13-6-4-12(5-7-13)19-16(20)14-10-11(17)3-8-15(14)18/h3-8,10H,2,9H2,1H3,(H,19,20). The number of benzene rings is 2. The minimum Gasteiger partial charge on any atom is -0.494 e. The summed E-state index contributed by atoms with van der Waals surface area (Å²) in [6.07, 6.45) is 0.931. The lowest BCUT2D eigenvalue weighted by Gasteiger charge is -2.08. The number of hydrogen-bond donors (Lipinski definition) is 1. The zero-order chi connectivity index (χ0) is 15.2. The smallest absolute Gasteiger partial charge is 0.258 e. The molecule has 2 aromatic rings. The Morgan fingerprint density at radius 3 is 2.62 bits per heavy atom. The molecule has 2 aromatic carbocycles. The Bertz CT molecular complexity index is 629. The lowest BCUT2D eigenvalue weighted by Crippen LogP contribution is -2.13. The Balaban J connectivity index is 2.07. The molecule has 0 spiro atoms. The van der Waals surface area contributed by atoms with Crippen LogP contribution in [0.5, 0.6) is 5.75 Å². The van der Waals surface area contributed by atoms with Crippen LogP contribution in [0, 0.1) is 5.82 Å². The SMILES string of the molecule is CCCOc1ccc(NC(=O)c2cc(Br)ccc2F)cc1. The molecule has 2 rings (SSSR count). The number of carbonyl (C=O) groups is 1.